The molecule has 0 aliphatic carbocycles. The van der Waals surface area contributed by atoms with Crippen LogP contribution in [0.15, 0.2) is 41.0 Å². The molecule has 3 rings (SSSR count). The van der Waals surface area contributed by atoms with E-state index < -0.39 is 0 Å². The van der Waals surface area contributed by atoms with E-state index in [1.165, 1.54) is 12.8 Å². The van der Waals surface area contributed by atoms with Gasteiger partial charge in [-0.1, -0.05) is 18.2 Å². The predicted octanol–water partition coefficient (Wildman–Crippen LogP) is 3.08. The lowest BCUT2D eigenvalue weighted by atomic mass is 9.96. The van der Waals surface area contributed by atoms with Crippen LogP contribution in [-0.2, 0) is 10.5 Å². The lowest BCUT2D eigenvalue weighted by Crippen LogP contribution is -2.33. The largest absolute Gasteiger partial charge is 0.444 e. The number of oxazole rings is 1. The number of carbonyl (C=O) groups excluding carboxylic acids is 1. The van der Waals surface area contributed by atoms with Gasteiger partial charge in [-0.2, -0.15) is 0 Å². The summed E-state index contributed by atoms with van der Waals surface area (Å²) in [6.45, 7) is 2.99. The Kier molecular flexibility index (Phi) is 6.94. The average molecular weight is 359 g/mol. The van der Waals surface area contributed by atoms with Gasteiger partial charge in [-0.15, -0.1) is 11.8 Å². The maximum atomic E-state index is 11.9. The van der Waals surface area contributed by atoms with Gasteiger partial charge in [0.1, 0.15) is 6.26 Å². The third-order valence-electron chi connectivity index (χ3n) is 4.33. The van der Waals surface area contributed by atoms with Crippen molar-refractivity contribution >= 4 is 17.7 Å². The molecule has 1 atom stereocenters. The Morgan fingerprint density at radius 3 is 3.04 bits per heavy atom. The van der Waals surface area contributed by atoms with E-state index in [0.717, 1.165) is 37.3 Å². The number of nitrogens with zero attached hydrogens (tertiary/aromatic N) is 1. The Hall–Kier alpha value is -1.79. The maximum Gasteiger partial charge on any atom is 0.230 e. The number of thioether (sulfide) groups is 1. The van der Waals surface area contributed by atoms with E-state index in [1.54, 1.807) is 18.0 Å². The Morgan fingerprint density at radius 1 is 1.36 bits per heavy atom. The van der Waals surface area contributed by atoms with Gasteiger partial charge in [0.15, 0.2) is 0 Å². The summed E-state index contributed by atoms with van der Waals surface area (Å²) in [6.07, 6.45) is 5.25. The van der Waals surface area contributed by atoms with E-state index in [2.05, 4.69) is 15.6 Å². The minimum Gasteiger partial charge on any atom is -0.444 e. The molecule has 2 heterocycles. The first-order chi connectivity index (χ1) is 12.3. The summed E-state index contributed by atoms with van der Waals surface area (Å²) in [7, 11) is 0. The number of hydrogen-bond acceptors (Lipinski definition) is 5. The summed E-state index contributed by atoms with van der Waals surface area (Å²) in [4.78, 5) is 16.4. The van der Waals surface area contributed by atoms with Crippen molar-refractivity contribution in [2.24, 2.45) is 5.92 Å². The van der Waals surface area contributed by atoms with Gasteiger partial charge in [0.25, 0.3) is 0 Å². The molecule has 5 nitrogen and oxygen atoms in total. The van der Waals surface area contributed by atoms with Crippen molar-refractivity contribution in [3.05, 3.63) is 42.3 Å². The topological polar surface area (TPSA) is 67.2 Å². The Labute approximate surface area is 153 Å². The standard InChI is InChI=1S/C19H25N3O2S/c23-18(21-10-8-15-5-4-9-20-11-15)14-25-13-17-12-24-19(22-17)16-6-2-1-3-7-16/h1-3,6-7,12,15,20H,4-5,8-11,13-14H2,(H,21,23). The fourth-order valence-electron chi connectivity index (χ4n) is 2.97. The minimum atomic E-state index is 0.0977. The van der Waals surface area contributed by atoms with Crippen LogP contribution in [0.3, 0.4) is 0 Å². The molecule has 1 aromatic heterocycles. The molecule has 134 valence electrons. The number of piperidine rings is 1. The molecule has 0 spiro atoms. The molecule has 2 N–H and O–H groups in total. The molecule has 1 saturated heterocycles. The van der Waals surface area contributed by atoms with Crippen molar-refractivity contribution < 1.29 is 9.21 Å². The summed E-state index contributed by atoms with van der Waals surface area (Å²) in [5.41, 5.74) is 1.83. The number of rotatable bonds is 8. The molecular formula is C19H25N3O2S. The Morgan fingerprint density at radius 2 is 2.24 bits per heavy atom. The van der Waals surface area contributed by atoms with Gasteiger partial charge in [0.05, 0.1) is 11.4 Å². The van der Waals surface area contributed by atoms with Gasteiger partial charge in [-0.05, 0) is 50.4 Å². The zero-order valence-electron chi connectivity index (χ0n) is 14.4. The first-order valence-corrected chi connectivity index (χ1v) is 10.0. The van der Waals surface area contributed by atoms with Crippen molar-refractivity contribution in [1.29, 1.82) is 0 Å². The molecule has 0 bridgehead atoms. The van der Waals surface area contributed by atoms with E-state index in [9.17, 15) is 4.79 Å². The summed E-state index contributed by atoms with van der Waals surface area (Å²) in [5.74, 6) is 2.56. The summed E-state index contributed by atoms with van der Waals surface area (Å²) >= 11 is 1.56. The van der Waals surface area contributed by atoms with Crippen molar-refractivity contribution in [1.82, 2.24) is 15.6 Å². The lowest BCUT2D eigenvalue weighted by Gasteiger charge is -2.22. The molecule has 2 aromatic rings. The molecule has 25 heavy (non-hydrogen) atoms. The molecule has 1 aliphatic heterocycles. The first kappa shape index (κ1) is 18.0. The van der Waals surface area contributed by atoms with Crippen LogP contribution in [0.5, 0.6) is 0 Å². The highest BCUT2D eigenvalue weighted by Gasteiger charge is 2.13. The SMILES string of the molecule is O=C(CSCc1coc(-c2ccccc2)n1)NCCC1CCCNC1. The van der Waals surface area contributed by atoms with Crippen LogP contribution < -0.4 is 10.6 Å². The van der Waals surface area contributed by atoms with Gasteiger partial charge >= 0.3 is 0 Å². The van der Waals surface area contributed by atoms with Crippen molar-refractivity contribution in [3.8, 4) is 11.5 Å². The fraction of sp³-hybridized carbons (Fsp3) is 0.474. The predicted molar refractivity (Wildman–Crippen MR) is 101 cm³/mol. The minimum absolute atomic E-state index is 0.0977. The molecule has 1 unspecified atom stereocenters. The van der Waals surface area contributed by atoms with Gasteiger partial charge in [-0.3, -0.25) is 4.79 Å². The average Bonchev–Trinajstić information content (AvgIpc) is 3.12. The molecule has 1 fully saturated rings. The highest BCUT2D eigenvalue weighted by molar-refractivity contribution is 7.99. The van der Waals surface area contributed by atoms with Crippen LogP contribution in [0, 0.1) is 5.92 Å². The first-order valence-electron chi connectivity index (χ1n) is 8.86. The third-order valence-corrected chi connectivity index (χ3v) is 5.30. The van der Waals surface area contributed by atoms with Crippen LogP contribution in [0.4, 0.5) is 0 Å². The highest BCUT2D eigenvalue weighted by atomic mass is 32.2. The second-order valence-electron chi connectivity index (χ2n) is 6.35. The van der Waals surface area contributed by atoms with Crippen LogP contribution in [0.25, 0.3) is 11.5 Å². The summed E-state index contributed by atoms with van der Waals surface area (Å²) in [6, 6.07) is 9.83. The van der Waals surface area contributed by atoms with E-state index in [4.69, 9.17) is 4.42 Å². The number of carbonyl (C=O) groups is 1. The summed E-state index contributed by atoms with van der Waals surface area (Å²) in [5, 5.41) is 6.42. The maximum absolute atomic E-state index is 11.9. The van der Waals surface area contributed by atoms with Gasteiger partial charge in [0, 0.05) is 17.9 Å². The van der Waals surface area contributed by atoms with Crippen molar-refractivity contribution in [2.75, 3.05) is 25.4 Å². The normalized spacial score (nSPS) is 17.4. The fourth-order valence-corrected chi connectivity index (χ4v) is 3.70. The van der Waals surface area contributed by atoms with Gasteiger partial charge in [-0.25, -0.2) is 4.98 Å². The highest BCUT2D eigenvalue weighted by Crippen LogP contribution is 2.20. The van der Waals surface area contributed by atoms with Gasteiger partial charge < -0.3 is 15.1 Å². The lowest BCUT2D eigenvalue weighted by molar-refractivity contribution is -0.118. The zero-order valence-corrected chi connectivity index (χ0v) is 15.2. The zero-order chi connectivity index (χ0) is 17.3. The number of benzene rings is 1. The summed E-state index contributed by atoms with van der Waals surface area (Å²) < 4.78 is 5.51. The molecule has 0 saturated carbocycles. The number of nitrogens with one attached hydrogen (secondary N) is 2. The van der Waals surface area contributed by atoms with Crippen LogP contribution in [0.2, 0.25) is 0 Å². The third kappa shape index (κ3) is 5.90. The molecular weight excluding hydrogens is 334 g/mol. The van der Waals surface area contributed by atoms with E-state index in [-0.39, 0.29) is 5.91 Å². The number of aromatic nitrogens is 1. The molecule has 1 amide bonds. The number of hydrogen-bond donors (Lipinski definition) is 2. The van der Waals surface area contributed by atoms with Gasteiger partial charge in [0.2, 0.25) is 11.8 Å². The molecule has 6 heteroatoms. The van der Waals surface area contributed by atoms with Crippen LogP contribution in [-0.4, -0.2) is 36.3 Å². The smallest absolute Gasteiger partial charge is 0.230 e. The Balaban J connectivity index is 1.32. The Bertz CT molecular complexity index is 654. The molecule has 0 radical (unpaired) electrons. The van der Waals surface area contributed by atoms with E-state index >= 15 is 0 Å². The van der Waals surface area contributed by atoms with Crippen LogP contribution >= 0.6 is 11.8 Å². The molecule has 1 aliphatic rings. The number of amides is 1. The quantitative estimate of drug-likeness (QED) is 0.758. The monoisotopic (exact) mass is 359 g/mol. The van der Waals surface area contributed by atoms with E-state index in [0.29, 0.717) is 23.3 Å². The van der Waals surface area contributed by atoms with Crippen LogP contribution in [0.1, 0.15) is 25.0 Å². The second-order valence-corrected chi connectivity index (χ2v) is 7.34. The second kappa shape index (κ2) is 9.63. The molecule has 1 aromatic carbocycles. The van der Waals surface area contributed by atoms with Crippen molar-refractivity contribution in [2.45, 2.75) is 25.0 Å². The van der Waals surface area contributed by atoms with E-state index in [1.807, 2.05) is 30.3 Å². The van der Waals surface area contributed by atoms with Crippen molar-refractivity contribution in [3.63, 3.8) is 0 Å².